The van der Waals surface area contributed by atoms with Crippen molar-refractivity contribution < 1.29 is 14.3 Å². The number of benzene rings is 1. The van der Waals surface area contributed by atoms with E-state index < -0.39 is 12.0 Å². The average molecular weight is 363 g/mol. The Morgan fingerprint density at radius 3 is 2.76 bits per heavy atom. The van der Waals surface area contributed by atoms with Crippen molar-refractivity contribution in [1.29, 1.82) is 0 Å². The number of halogens is 1. The summed E-state index contributed by atoms with van der Waals surface area (Å²) in [6, 6.07) is 6.22. The predicted molar refractivity (Wildman–Crippen MR) is 96.1 cm³/mol. The van der Waals surface area contributed by atoms with Crippen molar-refractivity contribution in [2.45, 2.75) is 51.7 Å². The third-order valence-electron chi connectivity index (χ3n) is 4.87. The molecule has 0 unspecified atom stereocenters. The van der Waals surface area contributed by atoms with Crippen LogP contribution >= 0.6 is 11.6 Å². The van der Waals surface area contributed by atoms with Crippen LogP contribution in [0.5, 0.6) is 0 Å². The van der Waals surface area contributed by atoms with Gasteiger partial charge in [-0.2, -0.15) is 0 Å². The first-order valence-electron chi connectivity index (χ1n) is 8.69. The molecule has 1 fully saturated rings. The summed E-state index contributed by atoms with van der Waals surface area (Å²) in [5.74, 6) is 0.166. The molecule has 6 heteroatoms. The smallest absolute Gasteiger partial charge is 0.338 e. The van der Waals surface area contributed by atoms with Crippen LogP contribution in [0.3, 0.4) is 0 Å². The Hall–Kier alpha value is -2.01. The van der Waals surface area contributed by atoms with Gasteiger partial charge in [0.25, 0.3) is 0 Å². The fourth-order valence-corrected chi connectivity index (χ4v) is 3.85. The summed E-state index contributed by atoms with van der Waals surface area (Å²) < 4.78 is 5.77. The number of allylic oxidation sites excluding steroid dienone is 1. The van der Waals surface area contributed by atoms with Gasteiger partial charge >= 0.3 is 12.0 Å². The average Bonchev–Trinajstić information content (AvgIpc) is 2.54. The van der Waals surface area contributed by atoms with E-state index in [1.54, 1.807) is 13.0 Å². The zero-order valence-electron chi connectivity index (χ0n) is 14.5. The van der Waals surface area contributed by atoms with Gasteiger partial charge in [0, 0.05) is 10.7 Å². The second-order valence-electron chi connectivity index (χ2n) is 6.89. The number of amides is 2. The summed E-state index contributed by atoms with van der Waals surface area (Å²) in [7, 11) is 0. The van der Waals surface area contributed by atoms with E-state index in [0.29, 0.717) is 27.8 Å². The van der Waals surface area contributed by atoms with Gasteiger partial charge in [0.2, 0.25) is 0 Å². The van der Waals surface area contributed by atoms with Gasteiger partial charge in [-0.3, -0.25) is 0 Å². The molecule has 3 atom stereocenters. The van der Waals surface area contributed by atoms with E-state index in [4.69, 9.17) is 16.3 Å². The molecule has 0 saturated heterocycles. The van der Waals surface area contributed by atoms with E-state index in [9.17, 15) is 9.59 Å². The van der Waals surface area contributed by atoms with Crippen molar-refractivity contribution >= 4 is 23.6 Å². The van der Waals surface area contributed by atoms with Gasteiger partial charge in [0.05, 0.1) is 11.6 Å². The van der Waals surface area contributed by atoms with Crippen LogP contribution in [0, 0.1) is 5.92 Å². The molecular weight excluding hydrogens is 340 g/mol. The van der Waals surface area contributed by atoms with E-state index in [1.165, 1.54) is 6.42 Å². The maximum atomic E-state index is 12.9. The Balaban J connectivity index is 1.87. The Bertz CT molecular complexity index is 716. The van der Waals surface area contributed by atoms with Crippen molar-refractivity contribution in [3.05, 3.63) is 46.1 Å². The van der Waals surface area contributed by atoms with Crippen LogP contribution in [-0.2, 0) is 9.53 Å². The second kappa shape index (κ2) is 7.48. The zero-order valence-corrected chi connectivity index (χ0v) is 15.2. The molecule has 3 rings (SSSR count). The van der Waals surface area contributed by atoms with E-state index in [2.05, 4.69) is 17.6 Å². The minimum absolute atomic E-state index is 0.0685. The monoisotopic (exact) mass is 362 g/mol. The second-order valence-corrected chi connectivity index (χ2v) is 7.30. The Labute approximate surface area is 152 Å². The highest BCUT2D eigenvalue weighted by atomic mass is 35.5. The minimum Gasteiger partial charge on any atom is -0.459 e. The molecule has 1 aromatic rings. The van der Waals surface area contributed by atoms with E-state index in [0.717, 1.165) is 19.3 Å². The SMILES string of the molecule is CC1=C(C(=O)O[C@@H]2CCC[C@@H](C)C2)[C@H](c2ccccc2Cl)NC(=O)N1. The van der Waals surface area contributed by atoms with E-state index in [1.807, 2.05) is 18.2 Å². The molecular formula is C19H23ClN2O3. The predicted octanol–water partition coefficient (Wildman–Crippen LogP) is 4.09. The third-order valence-corrected chi connectivity index (χ3v) is 5.21. The summed E-state index contributed by atoms with van der Waals surface area (Å²) in [5, 5.41) is 5.95. The number of rotatable bonds is 3. The lowest BCUT2D eigenvalue weighted by atomic mass is 9.88. The molecule has 1 aromatic carbocycles. The first-order chi connectivity index (χ1) is 12.0. The molecule has 5 nitrogen and oxygen atoms in total. The van der Waals surface area contributed by atoms with Crippen LogP contribution in [-0.4, -0.2) is 18.1 Å². The number of ether oxygens (including phenoxy) is 1. The van der Waals surface area contributed by atoms with Gasteiger partial charge < -0.3 is 15.4 Å². The van der Waals surface area contributed by atoms with Gasteiger partial charge in [-0.05, 0) is 43.7 Å². The van der Waals surface area contributed by atoms with Gasteiger partial charge in [-0.1, -0.05) is 43.1 Å². The normalized spacial score (nSPS) is 26.7. The largest absolute Gasteiger partial charge is 0.459 e. The molecule has 0 aromatic heterocycles. The van der Waals surface area contributed by atoms with Crippen molar-refractivity contribution in [3.63, 3.8) is 0 Å². The van der Waals surface area contributed by atoms with Crippen LogP contribution < -0.4 is 10.6 Å². The molecule has 2 N–H and O–H groups in total. The highest BCUT2D eigenvalue weighted by Crippen LogP contribution is 2.33. The molecule has 0 bridgehead atoms. The molecule has 25 heavy (non-hydrogen) atoms. The van der Waals surface area contributed by atoms with Crippen LogP contribution in [0.1, 0.15) is 51.1 Å². The number of carbonyl (C=O) groups is 2. The maximum absolute atomic E-state index is 12.9. The standard InChI is InChI=1S/C19H23ClN2O3/c1-11-6-5-7-13(10-11)25-18(23)16-12(2)21-19(24)22-17(16)14-8-3-4-9-15(14)20/h3-4,8-9,11,13,17H,5-7,10H2,1-2H3,(H2,21,22,24)/t11-,13-,17+/m1/s1. The first kappa shape index (κ1) is 17.8. The van der Waals surface area contributed by atoms with Gasteiger partial charge in [-0.25, -0.2) is 9.59 Å². The summed E-state index contributed by atoms with van der Waals surface area (Å²) in [5.41, 5.74) is 1.59. The number of urea groups is 1. The zero-order chi connectivity index (χ0) is 18.0. The number of hydrogen-bond donors (Lipinski definition) is 2. The summed E-state index contributed by atoms with van der Waals surface area (Å²) in [4.78, 5) is 24.8. The molecule has 134 valence electrons. The minimum atomic E-state index is -0.615. The molecule has 1 aliphatic heterocycles. The maximum Gasteiger partial charge on any atom is 0.338 e. The summed E-state index contributed by atoms with van der Waals surface area (Å²) >= 11 is 6.29. The number of nitrogens with one attached hydrogen (secondary N) is 2. The molecule has 2 amide bonds. The lowest BCUT2D eigenvalue weighted by molar-refractivity contribution is -0.146. The van der Waals surface area contributed by atoms with Crippen molar-refractivity contribution in [3.8, 4) is 0 Å². The van der Waals surface area contributed by atoms with Crippen LogP contribution in [0.2, 0.25) is 5.02 Å². The molecule has 2 aliphatic rings. The summed E-state index contributed by atoms with van der Waals surface area (Å²) in [6.45, 7) is 3.89. The Morgan fingerprint density at radius 1 is 1.28 bits per heavy atom. The topological polar surface area (TPSA) is 67.4 Å². The van der Waals surface area contributed by atoms with Crippen molar-refractivity contribution in [1.82, 2.24) is 10.6 Å². The van der Waals surface area contributed by atoms with E-state index >= 15 is 0 Å². The molecule has 1 heterocycles. The van der Waals surface area contributed by atoms with Gasteiger partial charge in [-0.15, -0.1) is 0 Å². The highest BCUT2D eigenvalue weighted by molar-refractivity contribution is 6.31. The third kappa shape index (κ3) is 3.98. The van der Waals surface area contributed by atoms with Crippen LogP contribution in [0.15, 0.2) is 35.5 Å². The molecule has 1 aliphatic carbocycles. The van der Waals surface area contributed by atoms with Crippen LogP contribution in [0.25, 0.3) is 0 Å². The summed E-state index contributed by atoms with van der Waals surface area (Å²) in [6.07, 6.45) is 3.95. The fraction of sp³-hybridized carbons (Fsp3) is 0.474. The van der Waals surface area contributed by atoms with Gasteiger partial charge in [0.15, 0.2) is 0 Å². The Morgan fingerprint density at radius 2 is 2.04 bits per heavy atom. The highest BCUT2D eigenvalue weighted by Gasteiger charge is 2.34. The van der Waals surface area contributed by atoms with E-state index in [-0.39, 0.29) is 12.1 Å². The molecule has 0 radical (unpaired) electrons. The van der Waals surface area contributed by atoms with Gasteiger partial charge in [0.1, 0.15) is 6.10 Å². The number of carbonyl (C=O) groups excluding carboxylic acids is 2. The lowest BCUT2D eigenvalue weighted by Crippen LogP contribution is -2.45. The first-order valence-corrected chi connectivity index (χ1v) is 9.07. The van der Waals surface area contributed by atoms with Crippen molar-refractivity contribution in [2.24, 2.45) is 5.92 Å². The molecule has 0 spiro atoms. The Kier molecular flexibility index (Phi) is 5.33. The fourth-order valence-electron chi connectivity index (χ4n) is 3.61. The van der Waals surface area contributed by atoms with Crippen LogP contribution in [0.4, 0.5) is 4.79 Å². The number of esters is 1. The number of hydrogen-bond acceptors (Lipinski definition) is 3. The quantitative estimate of drug-likeness (QED) is 0.796. The molecule has 1 saturated carbocycles. The lowest BCUT2D eigenvalue weighted by Gasteiger charge is -2.31. The van der Waals surface area contributed by atoms with Crippen molar-refractivity contribution in [2.75, 3.05) is 0 Å².